The molecule has 3 amide bonds. The second-order valence-corrected chi connectivity index (χ2v) is 27.4. The molecule has 9 aromatic rings. The Morgan fingerprint density at radius 1 is 0.484 bits per heavy atom. The quantitative estimate of drug-likeness (QED) is 0.0410. The Kier molecular flexibility index (Phi) is 23.6. The lowest BCUT2D eigenvalue weighted by molar-refractivity contribution is 0.0928. The summed E-state index contributed by atoms with van der Waals surface area (Å²) in [5.41, 5.74) is 8.19. The highest BCUT2D eigenvalue weighted by atomic mass is 35.5. The van der Waals surface area contributed by atoms with E-state index in [1.165, 1.54) is 26.2 Å². The second-order valence-electron chi connectivity index (χ2n) is 21.3. The number of amides is 3. The van der Waals surface area contributed by atoms with Gasteiger partial charge in [0.2, 0.25) is 30.1 Å². The minimum atomic E-state index is -3.46. The third kappa shape index (κ3) is 20.3. The molecule has 0 radical (unpaired) electrons. The number of ether oxygens (including phenoxy) is 3. The molecule has 0 bridgehead atoms. The molecule has 504 valence electrons. The van der Waals surface area contributed by atoms with Gasteiger partial charge in [-0.25, -0.2) is 73.0 Å². The standard InChI is InChI=1S/2C20H23ClN6O4S.C19H21FN6O4S/c2*1-11-6-7-15(21)14(10-11)13(3)31-20(28)23-19-18(24-26-27(19)4)17-9-8-16(12(2)22-17)25-32(5,29)30;1-12-14(24-31(3,28)29)9-10-15(21-12)17-18(26(2)25-23-17)22-19(27)30-16(11-20)13-7-5-4-6-8-13/h2*6-10,13,25H,1-5H3,(H,23,28);4-10,16,24H,11H2,1-3H3,(H,22,27)/t2*13-;16-/m111/s1. The number of carbonyl (C=O) groups excluding carboxylic acids is 3. The van der Waals surface area contributed by atoms with Gasteiger partial charge in [0.05, 0.1) is 70.0 Å². The zero-order valence-electron chi connectivity index (χ0n) is 53.4. The maximum atomic E-state index is 13.4. The van der Waals surface area contributed by atoms with E-state index in [-0.39, 0.29) is 23.1 Å². The highest BCUT2D eigenvalue weighted by Crippen LogP contribution is 2.33. The SMILES string of the molecule is Cc1ccc(Cl)c([C@@H](C)OC(=O)Nc2c(-c3ccc(NS(C)(=O)=O)c(C)n3)nnn2C)c1.Cc1ccc(Cl)c([C@@H](C)OC(=O)Nc2c(-c3ccc(NS(C)(=O)=O)c(C)n3)nnn2C)c1.Cc1nc(-c2nnn(C)c2NC(=O)O[C@H](CF)c2ccccc2)ccc1NS(C)(=O)=O. The van der Waals surface area contributed by atoms with Crippen LogP contribution in [0.3, 0.4) is 0 Å². The van der Waals surface area contributed by atoms with Crippen LogP contribution in [0.25, 0.3) is 34.2 Å². The number of aryl methyl sites for hydroxylation is 8. The molecule has 0 aliphatic rings. The minimum Gasteiger partial charge on any atom is -0.441 e. The van der Waals surface area contributed by atoms with Crippen LogP contribution in [-0.2, 0) is 65.4 Å². The first-order valence-electron chi connectivity index (χ1n) is 28.2. The van der Waals surface area contributed by atoms with Crippen molar-refractivity contribution in [1.82, 2.24) is 59.9 Å². The molecule has 0 saturated carbocycles. The number of sulfonamides is 3. The number of aromatic nitrogens is 12. The monoisotopic (exact) mass is 1400 g/mol. The second kappa shape index (κ2) is 30.9. The summed E-state index contributed by atoms with van der Waals surface area (Å²) >= 11 is 12.5. The molecular weight excluding hydrogens is 1340 g/mol. The maximum absolute atomic E-state index is 13.4. The van der Waals surface area contributed by atoms with Crippen molar-refractivity contribution in [2.24, 2.45) is 21.1 Å². The smallest absolute Gasteiger partial charge is 0.413 e. The molecule has 3 atom stereocenters. The van der Waals surface area contributed by atoms with Gasteiger partial charge in [-0.3, -0.25) is 30.1 Å². The molecule has 6 aromatic heterocycles. The molecule has 6 heterocycles. The number of rotatable bonds is 19. The van der Waals surface area contributed by atoms with Gasteiger partial charge in [-0.15, -0.1) is 15.3 Å². The van der Waals surface area contributed by atoms with Crippen LogP contribution < -0.4 is 30.1 Å². The fourth-order valence-electron chi connectivity index (χ4n) is 8.77. The lowest BCUT2D eigenvalue weighted by atomic mass is 10.1. The first-order chi connectivity index (χ1) is 44.6. The Morgan fingerprint density at radius 2 is 0.800 bits per heavy atom. The van der Waals surface area contributed by atoms with Gasteiger partial charge in [-0.05, 0) is 103 Å². The largest absolute Gasteiger partial charge is 0.441 e. The van der Waals surface area contributed by atoms with E-state index in [1.54, 1.807) is 122 Å². The van der Waals surface area contributed by atoms with Crippen molar-refractivity contribution in [3.05, 3.63) is 158 Å². The van der Waals surface area contributed by atoms with E-state index in [2.05, 4.69) is 76.0 Å². The number of halogens is 3. The van der Waals surface area contributed by atoms with Gasteiger partial charge in [0.1, 0.15) is 18.9 Å². The zero-order valence-corrected chi connectivity index (χ0v) is 57.3. The number of nitrogens with one attached hydrogen (secondary N) is 6. The number of benzene rings is 3. The zero-order chi connectivity index (χ0) is 69.9. The highest BCUT2D eigenvalue weighted by molar-refractivity contribution is 7.92. The molecule has 0 spiro atoms. The number of pyridine rings is 3. The lowest BCUT2D eigenvalue weighted by Crippen LogP contribution is -2.20. The van der Waals surface area contributed by atoms with E-state index in [0.29, 0.717) is 89.3 Å². The van der Waals surface area contributed by atoms with E-state index in [9.17, 15) is 44.0 Å². The van der Waals surface area contributed by atoms with E-state index < -0.39 is 73.3 Å². The van der Waals surface area contributed by atoms with Crippen molar-refractivity contribution >= 4 is 106 Å². The van der Waals surface area contributed by atoms with Gasteiger partial charge in [-0.2, -0.15) is 0 Å². The fourth-order valence-corrected chi connectivity index (χ4v) is 11.2. The van der Waals surface area contributed by atoms with Crippen LogP contribution in [0.1, 0.15) is 77.1 Å². The first kappa shape index (κ1) is 72.5. The van der Waals surface area contributed by atoms with Crippen molar-refractivity contribution < 1.29 is 58.2 Å². The van der Waals surface area contributed by atoms with Gasteiger partial charge in [0.25, 0.3) is 0 Å². The maximum Gasteiger partial charge on any atom is 0.413 e. The molecule has 3 aromatic carbocycles. The van der Waals surface area contributed by atoms with Crippen LogP contribution in [0.5, 0.6) is 0 Å². The molecule has 6 N–H and O–H groups in total. The van der Waals surface area contributed by atoms with Crippen LogP contribution in [0.15, 0.2) is 103 Å². The molecule has 0 aliphatic carbocycles. The summed E-state index contributed by atoms with van der Waals surface area (Å²) in [7, 11) is -5.57. The molecule has 0 saturated heterocycles. The molecule has 0 aliphatic heterocycles. The van der Waals surface area contributed by atoms with Gasteiger partial charge < -0.3 is 14.2 Å². The van der Waals surface area contributed by atoms with E-state index >= 15 is 0 Å². The third-order valence-corrected chi connectivity index (χ3v) is 15.8. The Morgan fingerprint density at radius 3 is 1.09 bits per heavy atom. The van der Waals surface area contributed by atoms with Crippen molar-refractivity contribution in [3.63, 3.8) is 0 Å². The van der Waals surface area contributed by atoms with Crippen LogP contribution in [0, 0.1) is 34.6 Å². The summed E-state index contributed by atoms with van der Waals surface area (Å²) in [6, 6.07) is 28.9. The molecule has 9 rings (SSSR count). The van der Waals surface area contributed by atoms with Crippen LogP contribution >= 0.6 is 23.2 Å². The fraction of sp³-hybridized carbons (Fsp3) is 0.288. The predicted molar refractivity (Wildman–Crippen MR) is 357 cm³/mol. The number of anilines is 6. The molecule has 0 fully saturated rings. The number of alkyl halides is 1. The first-order valence-corrected chi connectivity index (χ1v) is 34.6. The summed E-state index contributed by atoms with van der Waals surface area (Å²) in [5.74, 6) is 0.730. The summed E-state index contributed by atoms with van der Waals surface area (Å²) in [5, 5.41) is 32.7. The Labute approximate surface area is 556 Å². The van der Waals surface area contributed by atoms with E-state index in [1.807, 2.05) is 38.1 Å². The van der Waals surface area contributed by atoms with Crippen LogP contribution in [0.4, 0.5) is 53.3 Å². The van der Waals surface area contributed by atoms with Crippen molar-refractivity contribution in [2.75, 3.05) is 55.6 Å². The topological polar surface area (TPSA) is 384 Å². The minimum absolute atomic E-state index is 0.186. The van der Waals surface area contributed by atoms with Crippen molar-refractivity contribution in [2.45, 2.75) is 66.8 Å². The van der Waals surface area contributed by atoms with Gasteiger partial charge >= 0.3 is 18.3 Å². The molecule has 36 heteroatoms. The number of nitrogens with zero attached hydrogens (tertiary/aromatic N) is 12. The van der Waals surface area contributed by atoms with Gasteiger partial charge in [0.15, 0.2) is 40.6 Å². The third-order valence-electron chi connectivity index (χ3n) is 13.3. The van der Waals surface area contributed by atoms with Crippen molar-refractivity contribution in [3.8, 4) is 34.2 Å². The van der Waals surface area contributed by atoms with E-state index in [0.717, 1.165) is 29.9 Å². The summed E-state index contributed by atoms with van der Waals surface area (Å²) in [6.45, 7) is 11.3. The van der Waals surface area contributed by atoms with Crippen LogP contribution in [-0.4, -0.2) is 129 Å². The van der Waals surface area contributed by atoms with Crippen LogP contribution in [0.2, 0.25) is 10.0 Å². The summed E-state index contributed by atoms with van der Waals surface area (Å²) in [4.78, 5) is 50.6. The molecule has 30 nitrogen and oxygen atoms in total. The normalized spacial score (nSPS) is 12.3. The van der Waals surface area contributed by atoms with Gasteiger partial charge in [0, 0.05) is 42.3 Å². The predicted octanol–water partition coefficient (Wildman–Crippen LogP) is 10.5. The number of carbonyl (C=O) groups is 3. The molecule has 0 unspecified atom stereocenters. The number of hydrogen-bond acceptors (Lipinski definition) is 21. The van der Waals surface area contributed by atoms with Gasteiger partial charge in [-0.1, -0.05) is 105 Å². The lowest BCUT2D eigenvalue weighted by Gasteiger charge is -2.16. The summed E-state index contributed by atoms with van der Waals surface area (Å²) < 4.78 is 110. The van der Waals surface area contributed by atoms with E-state index in [4.69, 9.17) is 37.4 Å². The summed E-state index contributed by atoms with van der Waals surface area (Å²) in [6.07, 6.45) is -1.40. The Balaban J connectivity index is 0.000000201. The Hall–Kier alpha value is -9.90. The van der Waals surface area contributed by atoms with Crippen molar-refractivity contribution in [1.29, 1.82) is 0 Å². The average molecular weight is 1410 g/mol. The average Bonchev–Trinajstić information content (AvgIpc) is 1.43. The Bertz CT molecular complexity index is 4460. The molecular formula is C59H67Cl2FN18O12S3. The molecule has 95 heavy (non-hydrogen) atoms. The highest BCUT2D eigenvalue weighted by Gasteiger charge is 2.26. The number of hydrogen-bond donors (Lipinski definition) is 6.